The highest BCUT2D eigenvalue weighted by molar-refractivity contribution is 6.33. The Balaban J connectivity index is 2.08. The molecule has 1 heterocycles. The van der Waals surface area contributed by atoms with Gasteiger partial charge in [0.1, 0.15) is 0 Å². The molecule has 0 saturated heterocycles. The van der Waals surface area contributed by atoms with Crippen molar-refractivity contribution in [2.45, 2.75) is 20.0 Å². The van der Waals surface area contributed by atoms with Gasteiger partial charge in [-0.2, -0.15) is 5.10 Å². The van der Waals surface area contributed by atoms with Crippen LogP contribution in [0.1, 0.15) is 18.1 Å². The number of halogens is 2. The van der Waals surface area contributed by atoms with Crippen molar-refractivity contribution in [2.24, 2.45) is 0 Å². The van der Waals surface area contributed by atoms with Gasteiger partial charge in [0, 0.05) is 28.4 Å². The molecule has 3 nitrogen and oxygen atoms in total. The van der Waals surface area contributed by atoms with Crippen molar-refractivity contribution >= 4 is 23.2 Å². The molecular weight excluding hydrogens is 269 g/mol. The van der Waals surface area contributed by atoms with Crippen molar-refractivity contribution < 1.29 is 0 Å². The molecule has 18 heavy (non-hydrogen) atoms. The monoisotopic (exact) mass is 283 g/mol. The summed E-state index contributed by atoms with van der Waals surface area (Å²) in [7, 11) is 0. The van der Waals surface area contributed by atoms with E-state index in [4.69, 9.17) is 23.2 Å². The van der Waals surface area contributed by atoms with Crippen molar-refractivity contribution in [3.8, 4) is 0 Å². The number of hydrogen-bond acceptors (Lipinski definition) is 2. The molecule has 0 amide bonds. The minimum Gasteiger partial charge on any atom is -0.313 e. The SMILES string of the molecule is CCNCc1cnn(Cc2cc(Cl)ccc2Cl)c1. The van der Waals surface area contributed by atoms with Gasteiger partial charge < -0.3 is 5.32 Å². The van der Waals surface area contributed by atoms with Gasteiger partial charge in [0.2, 0.25) is 0 Å². The van der Waals surface area contributed by atoms with E-state index >= 15 is 0 Å². The molecule has 1 N–H and O–H groups in total. The molecule has 0 unspecified atom stereocenters. The van der Waals surface area contributed by atoms with Crippen LogP contribution in [0.2, 0.25) is 10.0 Å². The average molecular weight is 284 g/mol. The zero-order chi connectivity index (χ0) is 13.0. The van der Waals surface area contributed by atoms with Gasteiger partial charge in [0.25, 0.3) is 0 Å². The fourth-order valence-electron chi connectivity index (χ4n) is 1.69. The van der Waals surface area contributed by atoms with Crippen LogP contribution in [0, 0.1) is 0 Å². The van der Waals surface area contributed by atoms with E-state index in [1.165, 1.54) is 0 Å². The van der Waals surface area contributed by atoms with Crippen LogP contribution in [0.15, 0.2) is 30.6 Å². The lowest BCUT2D eigenvalue weighted by atomic mass is 10.2. The third-order valence-electron chi connectivity index (χ3n) is 2.61. The lowest BCUT2D eigenvalue weighted by Crippen LogP contribution is -2.11. The first-order chi connectivity index (χ1) is 8.69. The largest absolute Gasteiger partial charge is 0.313 e. The Morgan fingerprint density at radius 3 is 2.94 bits per heavy atom. The van der Waals surface area contributed by atoms with E-state index in [9.17, 15) is 0 Å². The summed E-state index contributed by atoms with van der Waals surface area (Å²) in [4.78, 5) is 0. The maximum absolute atomic E-state index is 6.12. The fraction of sp³-hybridized carbons (Fsp3) is 0.308. The van der Waals surface area contributed by atoms with Gasteiger partial charge in [-0.25, -0.2) is 0 Å². The van der Waals surface area contributed by atoms with Crippen LogP contribution in [-0.2, 0) is 13.1 Å². The highest BCUT2D eigenvalue weighted by Crippen LogP contribution is 2.21. The van der Waals surface area contributed by atoms with Gasteiger partial charge in [-0.05, 0) is 30.3 Å². The smallest absolute Gasteiger partial charge is 0.0674 e. The van der Waals surface area contributed by atoms with E-state index in [0.29, 0.717) is 16.6 Å². The summed E-state index contributed by atoms with van der Waals surface area (Å²) in [5, 5.41) is 8.97. The second-order valence-electron chi connectivity index (χ2n) is 4.06. The first-order valence-electron chi connectivity index (χ1n) is 5.85. The Hall–Kier alpha value is -1.03. The van der Waals surface area contributed by atoms with Crippen molar-refractivity contribution in [1.82, 2.24) is 15.1 Å². The highest BCUT2D eigenvalue weighted by atomic mass is 35.5. The number of rotatable bonds is 5. The van der Waals surface area contributed by atoms with Gasteiger partial charge in [-0.1, -0.05) is 30.1 Å². The van der Waals surface area contributed by atoms with E-state index in [1.807, 2.05) is 29.2 Å². The Bertz CT molecular complexity index is 523. The van der Waals surface area contributed by atoms with Crippen LogP contribution in [0.25, 0.3) is 0 Å². The number of nitrogens with one attached hydrogen (secondary N) is 1. The molecule has 0 spiro atoms. The minimum atomic E-state index is 0.630. The quantitative estimate of drug-likeness (QED) is 0.912. The van der Waals surface area contributed by atoms with Gasteiger partial charge in [-0.3, -0.25) is 4.68 Å². The molecule has 96 valence electrons. The predicted octanol–water partition coefficient (Wildman–Crippen LogP) is 3.35. The minimum absolute atomic E-state index is 0.630. The summed E-state index contributed by atoms with van der Waals surface area (Å²) < 4.78 is 1.87. The number of benzene rings is 1. The number of aromatic nitrogens is 2. The molecule has 0 saturated carbocycles. The molecule has 2 rings (SSSR count). The molecule has 1 aromatic carbocycles. The third kappa shape index (κ3) is 3.48. The summed E-state index contributed by atoms with van der Waals surface area (Å²) in [6, 6.07) is 5.46. The van der Waals surface area contributed by atoms with Crippen molar-refractivity contribution in [1.29, 1.82) is 0 Å². The van der Waals surface area contributed by atoms with E-state index in [1.54, 1.807) is 6.07 Å². The molecule has 5 heteroatoms. The second kappa shape index (κ2) is 6.23. The predicted molar refractivity (Wildman–Crippen MR) is 75.2 cm³/mol. The van der Waals surface area contributed by atoms with Crippen molar-refractivity contribution in [3.05, 3.63) is 51.8 Å². The summed E-state index contributed by atoms with van der Waals surface area (Å²) in [6.45, 7) is 4.49. The Morgan fingerprint density at radius 2 is 2.17 bits per heavy atom. The first-order valence-corrected chi connectivity index (χ1v) is 6.60. The maximum Gasteiger partial charge on any atom is 0.0674 e. The van der Waals surface area contributed by atoms with E-state index in [-0.39, 0.29) is 0 Å². The zero-order valence-electron chi connectivity index (χ0n) is 10.2. The topological polar surface area (TPSA) is 29.9 Å². The van der Waals surface area contributed by atoms with Crippen LogP contribution >= 0.6 is 23.2 Å². The van der Waals surface area contributed by atoms with Crippen LogP contribution < -0.4 is 5.32 Å². The van der Waals surface area contributed by atoms with Gasteiger partial charge >= 0.3 is 0 Å². The zero-order valence-corrected chi connectivity index (χ0v) is 11.7. The first kappa shape index (κ1) is 13.4. The summed E-state index contributed by atoms with van der Waals surface area (Å²) >= 11 is 12.1. The molecule has 0 bridgehead atoms. The van der Waals surface area contributed by atoms with Crippen LogP contribution in [0.4, 0.5) is 0 Å². The maximum atomic E-state index is 6.12. The summed E-state index contributed by atoms with van der Waals surface area (Å²) in [5.74, 6) is 0. The molecule has 0 atom stereocenters. The van der Waals surface area contributed by atoms with Crippen molar-refractivity contribution in [2.75, 3.05) is 6.54 Å². The van der Waals surface area contributed by atoms with Gasteiger partial charge in [-0.15, -0.1) is 0 Å². The molecule has 0 fully saturated rings. The lowest BCUT2D eigenvalue weighted by molar-refractivity contribution is 0.683. The summed E-state index contributed by atoms with van der Waals surface area (Å²) in [5.41, 5.74) is 2.14. The highest BCUT2D eigenvalue weighted by Gasteiger charge is 2.04. The normalized spacial score (nSPS) is 10.8. The molecule has 2 aromatic rings. The van der Waals surface area contributed by atoms with Crippen LogP contribution in [0.3, 0.4) is 0 Å². The van der Waals surface area contributed by atoms with Gasteiger partial charge in [0.05, 0.1) is 12.7 Å². The second-order valence-corrected chi connectivity index (χ2v) is 4.91. The lowest BCUT2D eigenvalue weighted by Gasteiger charge is -2.05. The Morgan fingerprint density at radius 1 is 1.33 bits per heavy atom. The molecule has 1 aromatic heterocycles. The third-order valence-corrected chi connectivity index (χ3v) is 3.21. The van der Waals surface area contributed by atoms with Crippen LogP contribution in [-0.4, -0.2) is 16.3 Å². The van der Waals surface area contributed by atoms with Crippen molar-refractivity contribution in [3.63, 3.8) is 0 Å². The van der Waals surface area contributed by atoms with E-state index in [2.05, 4.69) is 17.3 Å². The van der Waals surface area contributed by atoms with Crippen LogP contribution in [0.5, 0.6) is 0 Å². The number of nitrogens with zero attached hydrogens (tertiary/aromatic N) is 2. The van der Waals surface area contributed by atoms with E-state index < -0.39 is 0 Å². The Labute approximate surface area is 117 Å². The molecule has 0 aliphatic rings. The average Bonchev–Trinajstić information content (AvgIpc) is 2.79. The number of hydrogen-bond donors (Lipinski definition) is 1. The fourth-order valence-corrected chi connectivity index (χ4v) is 2.06. The molecule has 0 radical (unpaired) electrons. The standard InChI is InChI=1S/C13H15Cl2N3/c1-2-16-6-10-7-17-18(8-10)9-11-5-12(14)3-4-13(11)15/h3-5,7-8,16H,2,6,9H2,1H3. The molecular formula is C13H15Cl2N3. The summed E-state index contributed by atoms with van der Waals surface area (Å²) in [6.07, 6.45) is 3.88. The van der Waals surface area contributed by atoms with Gasteiger partial charge in [0.15, 0.2) is 0 Å². The molecule has 0 aliphatic carbocycles. The Kier molecular flexibility index (Phi) is 4.64. The molecule has 0 aliphatic heterocycles. The van der Waals surface area contributed by atoms with E-state index in [0.717, 1.165) is 24.2 Å².